The Labute approximate surface area is 118 Å². The summed E-state index contributed by atoms with van der Waals surface area (Å²) in [6, 6.07) is 4.84. The molecule has 1 aliphatic heterocycles. The molecule has 1 heterocycles. The number of hydrogen-bond donors (Lipinski definition) is 2. The Morgan fingerprint density at radius 3 is 3.15 bits per heavy atom. The minimum atomic E-state index is -0.670. The van der Waals surface area contributed by atoms with Crippen LogP contribution in [0.1, 0.15) is 18.4 Å². The topological polar surface area (TPSA) is 50.7 Å². The zero-order valence-electron chi connectivity index (χ0n) is 11.8. The lowest BCUT2D eigenvalue weighted by molar-refractivity contribution is -0.0137. The van der Waals surface area contributed by atoms with Crippen LogP contribution in [0, 0.1) is 12.7 Å². The zero-order chi connectivity index (χ0) is 14.4. The lowest BCUT2D eigenvalue weighted by Crippen LogP contribution is -2.27. The average Bonchev–Trinajstić information content (AvgIpc) is 2.93. The second-order valence-corrected chi connectivity index (χ2v) is 5.19. The van der Waals surface area contributed by atoms with E-state index in [2.05, 4.69) is 5.32 Å². The summed E-state index contributed by atoms with van der Waals surface area (Å²) in [6.07, 6.45) is 1.58. The van der Waals surface area contributed by atoms with E-state index in [1.54, 1.807) is 12.1 Å². The van der Waals surface area contributed by atoms with Gasteiger partial charge >= 0.3 is 0 Å². The molecule has 2 atom stereocenters. The molecule has 1 aliphatic rings. The van der Waals surface area contributed by atoms with Crippen molar-refractivity contribution in [2.45, 2.75) is 32.0 Å². The van der Waals surface area contributed by atoms with E-state index in [1.165, 1.54) is 6.07 Å². The van der Waals surface area contributed by atoms with Gasteiger partial charge in [-0.3, -0.25) is 0 Å². The van der Waals surface area contributed by atoms with Gasteiger partial charge in [-0.1, -0.05) is 6.07 Å². The van der Waals surface area contributed by atoms with E-state index in [0.717, 1.165) is 25.0 Å². The van der Waals surface area contributed by atoms with Crippen molar-refractivity contribution in [3.05, 3.63) is 29.6 Å². The highest BCUT2D eigenvalue weighted by molar-refractivity contribution is 5.47. The van der Waals surface area contributed by atoms with Crippen LogP contribution in [-0.2, 0) is 9.47 Å². The number of anilines is 1. The Bertz CT molecular complexity index is 422. The Kier molecular flexibility index (Phi) is 5.76. The lowest BCUT2D eigenvalue weighted by atomic mass is 10.2. The molecule has 0 aliphatic carbocycles. The fourth-order valence-corrected chi connectivity index (χ4v) is 2.17. The smallest absolute Gasteiger partial charge is 0.146 e. The van der Waals surface area contributed by atoms with E-state index in [0.29, 0.717) is 12.3 Å². The molecule has 2 rings (SSSR count). The second kappa shape index (κ2) is 7.57. The van der Waals surface area contributed by atoms with Crippen molar-refractivity contribution >= 4 is 5.69 Å². The van der Waals surface area contributed by atoms with Crippen molar-refractivity contribution in [3.8, 4) is 0 Å². The van der Waals surface area contributed by atoms with E-state index in [-0.39, 0.29) is 25.1 Å². The molecular weight excluding hydrogens is 261 g/mol. The molecule has 1 aromatic carbocycles. The number of halogens is 1. The summed E-state index contributed by atoms with van der Waals surface area (Å²) in [5.74, 6) is -0.317. The van der Waals surface area contributed by atoms with E-state index in [4.69, 9.17) is 9.47 Å². The number of aliphatic hydroxyl groups excluding tert-OH is 1. The minimum Gasteiger partial charge on any atom is -0.389 e. The van der Waals surface area contributed by atoms with Gasteiger partial charge in [-0.05, 0) is 37.5 Å². The summed E-state index contributed by atoms with van der Waals surface area (Å²) < 4.78 is 24.3. The van der Waals surface area contributed by atoms with Gasteiger partial charge in [0, 0.05) is 13.2 Å². The summed E-state index contributed by atoms with van der Waals surface area (Å²) in [5.41, 5.74) is 1.38. The Hall–Kier alpha value is -1.17. The maximum absolute atomic E-state index is 13.5. The highest BCUT2D eigenvalue weighted by Crippen LogP contribution is 2.15. The van der Waals surface area contributed by atoms with E-state index >= 15 is 0 Å². The van der Waals surface area contributed by atoms with Gasteiger partial charge in [0.15, 0.2) is 0 Å². The van der Waals surface area contributed by atoms with Crippen LogP contribution in [0.4, 0.5) is 10.1 Å². The van der Waals surface area contributed by atoms with Crippen molar-refractivity contribution in [1.82, 2.24) is 0 Å². The van der Waals surface area contributed by atoms with Crippen molar-refractivity contribution < 1.29 is 19.0 Å². The minimum absolute atomic E-state index is 0.157. The molecule has 5 heteroatoms. The Balaban J connectivity index is 1.66. The molecule has 0 aromatic heterocycles. The highest BCUT2D eigenvalue weighted by atomic mass is 19.1. The van der Waals surface area contributed by atoms with Crippen LogP contribution in [0.25, 0.3) is 0 Å². The quantitative estimate of drug-likeness (QED) is 0.804. The standard InChI is InChI=1S/C15H22FNO3/c1-11-4-5-14(16)15(7-11)17-8-12(18)9-19-10-13-3-2-6-20-13/h4-5,7,12-13,17-18H,2-3,6,8-10H2,1H3. The summed E-state index contributed by atoms with van der Waals surface area (Å²) in [7, 11) is 0. The molecule has 1 aromatic rings. The van der Waals surface area contributed by atoms with Gasteiger partial charge in [-0.25, -0.2) is 4.39 Å². The van der Waals surface area contributed by atoms with Crippen molar-refractivity contribution in [2.75, 3.05) is 31.7 Å². The van der Waals surface area contributed by atoms with Crippen LogP contribution in [0.15, 0.2) is 18.2 Å². The monoisotopic (exact) mass is 283 g/mol. The van der Waals surface area contributed by atoms with Crippen LogP contribution >= 0.6 is 0 Å². The first-order valence-corrected chi connectivity index (χ1v) is 7.02. The zero-order valence-corrected chi connectivity index (χ0v) is 11.8. The third-order valence-electron chi connectivity index (χ3n) is 3.29. The molecule has 0 radical (unpaired) electrons. The molecule has 0 spiro atoms. The molecule has 20 heavy (non-hydrogen) atoms. The first-order valence-electron chi connectivity index (χ1n) is 7.02. The van der Waals surface area contributed by atoms with Crippen molar-refractivity contribution in [1.29, 1.82) is 0 Å². The Morgan fingerprint density at radius 2 is 2.40 bits per heavy atom. The maximum atomic E-state index is 13.5. The van der Waals surface area contributed by atoms with Gasteiger partial charge < -0.3 is 19.9 Å². The summed E-state index contributed by atoms with van der Waals surface area (Å²) in [5, 5.41) is 12.7. The summed E-state index contributed by atoms with van der Waals surface area (Å²) in [4.78, 5) is 0. The van der Waals surface area contributed by atoms with Crippen LogP contribution in [0.5, 0.6) is 0 Å². The van der Waals surface area contributed by atoms with E-state index in [9.17, 15) is 9.50 Å². The predicted octanol–water partition coefficient (Wildman–Crippen LogP) is 2.10. The molecule has 1 fully saturated rings. The van der Waals surface area contributed by atoms with Crippen LogP contribution < -0.4 is 5.32 Å². The third-order valence-corrected chi connectivity index (χ3v) is 3.29. The van der Waals surface area contributed by atoms with Crippen molar-refractivity contribution in [3.63, 3.8) is 0 Å². The van der Waals surface area contributed by atoms with Gasteiger partial charge in [0.05, 0.1) is 31.1 Å². The normalized spacial score (nSPS) is 20.1. The van der Waals surface area contributed by atoms with Gasteiger partial charge in [0.25, 0.3) is 0 Å². The van der Waals surface area contributed by atoms with Crippen molar-refractivity contribution in [2.24, 2.45) is 0 Å². The molecule has 2 N–H and O–H groups in total. The molecular formula is C15H22FNO3. The number of aryl methyl sites for hydroxylation is 1. The number of benzene rings is 1. The van der Waals surface area contributed by atoms with Crippen LogP contribution in [0.2, 0.25) is 0 Å². The highest BCUT2D eigenvalue weighted by Gasteiger charge is 2.16. The molecule has 112 valence electrons. The van der Waals surface area contributed by atoms with Crippen LogP contribution in [-0.4, -0.2) is 43.7 Å². The molecule has 0 bridgehead atoms. The number of nitrogens with one attached hydrogen (secondary N) is 1. The third kappa shape index (κ3) is 4.74. The lowest BCUT2D eigenvalue weighted by Gasteiger charge is -2.15. The first kappa shape index (κ1) is 15.2. The van der Waals surface area contributed by atoms with Gasteiger partial charge in [0.2, 0.25) is 0 Å². The van der Waals surface area contributed by atoms with Crippen LogP contribution in [0.3, 0.4) is 0 Å². The molecule has 2 unspecified atom stereocenters. The molecule has 0 saturated carbocycles. The summed E-state index contributed by atoms with van der Waals surface area (Å²) in [6.45, 7) is 3.68. The number of hydrogen-bond acceptors (Lipinski definition) is 4. The number of aliphatic hydroxyl groups is 1. The fourth-order valence-electron chi connectivity index (χ4n) is 2.17. The van der Waals surface area contributed by atoms with Gasteiger partial charge in [-0.15, -0.1) is 0 Å². The predicted molar refractivity (Wildman–Crippen MR) is 75.4 cm³/mol. The fraction of sp³-hybridized carbons (Fsp3) is 0.600. The summed E-state index contributed by atoms with van der Waals surface area (Å²) >= 11 is 0. The average molecular weight is 283 g/mol. The first-order chi connectivity index (χ1) is 9.65. The molecule has 1 saturated heterocycles. The maximum Gasteiger partial charge on any atom is 0.146 e. The second-order valence-electron chi connectivity index (χ2n) is 5.19. The molecule has 0 amide bonds. The Morgan fingerprint density at radius 1 is 1.55 bits per heavy atom. The number of rotatable bonds is 7. The number of ether oxygens (including phenoxy) is 2. The molecule has 4 nitrogen and oxygen atoms in total. The van der Waals surface area contributed by atoms with Gasteiger partial charge in [-0.2, -0.15) is 0 Å². The SMILES string of the molecule is Cc1ccc(F)c(NCC(O)COCC2CCCO2)c1. The van der Waals surface area contributed by atoms with E-state index < -0.39 is 6.10 Å². The van der Waals surface area contributed by atoms with Gasteiger partial charge in [0.1, 0.15) is 5.82 Å². The van der Waals surface area contributed by atoms with E-state index in [1.807, 2.05) is 6.92 Å². The largest absolute Gasteiger partial charge is 0.389 e.